The molecule has 2 aromatic rings. The Hall–Kier alpha value is -2.04. The molecule has 0 bridgehead atoms. The number of anilines is 3. The van der Waals surface area contributed by atoms with E-state index in [4.69, 9.17) is 4.42 Å². The molecule has 2 heterocycles. The van der Waals surface area contributed by atoms with Gasteiger partial charge in [-0.3, -0.25) is 0 Å². The minimum Gasteiger partial charge on any atom is -0.446 e. The van der Waals surface area contributed by atoms with Gasteiger partial charge < -0.3 is 15.1 Å². The zero-order chi connectivity index (χ0) is 11.4. The lowest BCUT2D eigenvalue weighted by molar-refractivity contribution is 0.551. The third kappa shape index (κ3) is 2.50. The number of hydrogen-bond donors (Lipinski definition) is 2. The Morgan fingerprint density at radius 2 is 2.06 bits per heavy atom. The second-order valence-electron chi connectivity index (χ2n) is 3.35. The van der Waals surface area contributed by atoms with Crippen LogP contribution in [0.25, 0.3) is 0 Å². The highest BCUT2D eigenvalue weighted by atomic mass is 16.4. The minimum atomic E-state index is 0.679. The minimum absolute atomic E-state index is 0.679. The van der Waals surface area contributed by atoms with Gasteiger partial charge in [-0.2, -0.15) is 0 Å². The summed E-state index contributed by atoms with van der Waals surface area (Å²) in [5.41, 5.74) is 0. The van der Waals surface area contributed by atoms with Gasteiger partial charge in [0.15, 0.2) is 5.88 Å². The van der Waals surface area contributed by atoms with Crippen molar-refractivity contribution in [2.45, 2.75) is 13.8 Å². The van der Waals surface area contributed by atoms with Crippen molar-refractivity contribution in [3.8, 4) is 0 Å². The van der Waals surface area contributed by atoms with Crippen molar-refractivity contribution in [2.24, 2.45) is 0 Å². The first-order valence-electron chi connectivity index (χ1n) is 5.17. The summed E-state index contributed by atoms with van der Waals surface area (Å²) in [6.45, 7) is 4.75. The number of furan rings is 1. The summed E-state index contributed by atoms with van der Waals surface area (Å²) >= 11 is 0. The van der Waals surface area contributed by atoms with Crippen LogP contribution in [0.1, 0.15) is 12.7 Å². The zero-order valence-electron chi connectivity index (χ0n) is 9.32. The average Bonchev–Trinajstić information content (AvgIpc) is 2.65. The Bertz CT molecular complexity index is 467. The van der Waals surface area contributed by atoms with Crippen molar-refractivity contribution in [2.75, 3.05) is 17.2 Å². The second-order valence-corrected chi connectivity index (χ2v) is 3.35. The highest BCUT2D eigenvalue weighted by Crippen LogP contribution is 2.18. The monoisotopic (exact) mass is 218 g/mol. The molecule has 0 atom stereocenters. The molecule has 0 spiro atoms. The molecule has 0 unspecified atom stereocenters. The van der Waals surface area contributed by atoms with Gasteiger partial charge in [0.1, 0.15) is 23.7 Å². The SMILES string of the molecule is CCNc1cc(Nc2ccc(C)o2)ncn1. The van der Waals surface area contributed by atoms with Gasteiger partial charge in [-0.1, -0.05) is 0 Å². The fourth-order valence-corrected chi connectivity index (χ4v) is 1.33. The molecule has 2 N–H and O–H groups in total. The summed E-state index contributed by atoms with van der Waals surface area (Å²) in [5.74, 6) is 3.05. The van der Waals surface area contributed by atoms with Crippen molar-refractivity contribution >= 4 is 17.5 Å². The molecule has 0 aromatic carbocycles. The number of hydrogen-bond acceptors (Lipinski definition) is 5. The van der Waals surface area contributed by atoms with Crippen molar-refractivity contribution in [3.05, 3.63) is 30.3 Å². The van der Waals surface area contributed by atoms with Crippen LogP contribution in [0, 0.1) is 6.92 Å². The molecular formula is C11H14N4O. The van der Waals surface area contributed by atoms with E-state index in [9.17, 15) is 0 Å². The predicted molar refractivity (Wildman–Crippen MR) is 62.9 cm³/mol. The van der Waals surface area contributed by atoms with Crippen molar-refractivity contribution in [1.82, 2.24) is 9.97 Å². The summed E-state index contributed by atoms with van der Waals surface area (Å²) in [7, 11) is 0. The molecule has 0 aliphatic carbocycles. The van der Waals surface area contributed by atoms with Crippen LogP contribution in [0.3, 0.4) is 0 Å². The lowest BCUT2D eigenvalue weighted by Gasteiger charge is -2.04. The molecule has 0 saturated heterocycles. The number of aryl methyl sites for hydroxylation is 1. The quantitative estimate of drug-likeness (QED) is 0.825. The number of aromatic nitrogens is 2. The summed E-state index contributed by atoms with van der Waals surface area (Å²) in [4.78, 5) is 8.19. The summed E-state index contributed by atoms with van der Waals surface area (Å²) in [6.07, 6.45) is 1.51. The maximum Gasteiger partial charge on any atom is 0.198 e. The first-order chi connectivity index (χ1) is 7.78. The normalized spacial score (nSPS) is 10.1. The van der Waals surface area contributed by atoms with E-state index in [0.717, 1.165) is 18.1 Å². The van der Waals surface area contributed by atoms with E-state index in [1.807, 2.05) is 32.0 Å². The molecule has 0 saturated carbocycles. The first-order valence-corrected chi connectivity index (χ1v) is 5.17. The lowest BCUT2D eigenvalue weighted by atomic mass is 10.5. The van der Waals surface area contributed by atoms with Gasteiger partial charge >= 0.3 is 0 Å². The van der Waals surface area contributed by atoms with Crippen LogP contribution >= 0.6 is 0 Å². The Labute approximate surface area is 93.9 Å². The van der Waals surface area contributed by atoms with Crippen LogP contribution in [-0.4, -0.2) is 16.5 Å². The third-order valence-corrected chi connectivity index (χ3v) is 2.02. The van der Waals surface area contributed by atoms with Gasteiger partial charge in [0.05, 0.1) is 0 Å². The second kappa shape index (κ2) is 4.65. The highest BCUT2D eigenvalue weighted by molar-refractivity contribution is 5.54. The van der Waals surface area contributed by atoms with Crippen LogP contribution in [-0.2, 0) is 0 Å². The van der Waals surface area contributed by atoms with Gasteiger partial charge in [-0.15, -0.1) is 0 Å². The summed E-state index contributed by atoms with van der Waals surface area (Å²) in [6, 6.07) is 5.60. The van der Waals surface area contributed by atoms with Crippen LogP contribution in [0.4, 0.5) is 17.5 Å². The number of nitrogens with zero attached hydrogens (tertiary/aromatic N) is 2. The molecular weight excluding hydrogens is 204 g/mol. The topological polar surface area (TPSA) is 63.0 Å². The number of rotatable bonds is 4. The van der Waals surface area contributed by atoms with E-state index >= 15 is 0 Å². The summed E-state index contributed by atoms with van der Waals surface area (Å²) < 4.78 is 5.40. The lowest BCUT2D eigenvalue weighted by Crippen LogP contribution is -2.01. The molecule has 5 nitrogen and oxygen atoms in total. The molecule has 2 aromatic heterocycles. The third-order valence-electron chi connectivity index (χ3n) is 2.02. The van der Waals surface area contributed by atoms with Crippen LogP contribution in [0.2, 0.25) is 0 Å². The molecule has 84 valence electrons. The Morgan fingerprint density at radius 1 is 1.25 bits per heavy atom. The Balaban J connectivity index is 2.12. The van der Waals surface area contributed by atoms with Gasteiger partial charge in [0.2, 0.25) is 0 Å². The molecule has 0 fully saturated rings. The van der Waals surface area contributed by atoms with Crippen molar-refractivity contribution < 1.29 is 4.42 Å². The van der Waals surface area contributed by atoms with E-state index in [1.165, 1.54) is 6.33 Å². The predicted octanol–water partition coefficient (Wildman–Crippen LogP) is 2.55. The summed E-state index contributed by atoms with van der Waals surface area (Å²) in [5, 5.41) is 6.18. The molecule has 0 radical (unpaired) electrons. The van der Waals surface area contributed by atoms with E-state index in [2.05, 4.69) is 20.6 Å². The van der Waals surface area contributed by atoms with E-state index in [1.54, 1.807) is 0 Å². The first kappa shape index (κ1) is 10.5. The molecule has 2 rings (SSSR count). The fourth-order valence-electron chi connectivity index (χ4n) is 1.33. The number of nitrogens with one attached hydrogen (secondary N) is 2. The molecule has 5 heteroatoms. The average molecular weight is 218 g/mol. The van der Waals surface area contributed by atoms with Crippen molar-refractivity contribution in [3.63, 3.8) is 0 Å². The van der Waals surface area contributed by atoms with E-state index in [0.29, 0.717) is 11.7 Å². The maximum atomic E-state index is 5.40. The van der Waals surface area contributed by atoms with Gasteiger partial charge in [-0.25, -0.2) is 9.97 Å². The highest BCUT2D eigenvalue weighted by Gasteiger charge is 2.01. The largest absolute Gasteiger partial charge is 0.446 e. The van der Waals surface area contributed by atoms with Gasteiger partial charge in [0, 0.05) is 18.7 Å². The smallest absolute Gasteiger partial charge is 0.198 e. The maximum absolute atomic E-state index is 5.40. The van der Waals surface area contributed by atoms with E-state index < -0.39 is 0 Å². The van der Waals surface area contributed by atoms with Crippen LogP contribution in [0.5, 0.6) is 0 Å². The fraction of sp³-hybridized carbons (Fsp3) is 0.273. The molecule has 16 heavy (non-hydrogen) atoms. The molecule has 0 aliphatic rings. The molecule has 0 amide bonds. The van der Waals surface area contributed by atoms with Crippen LogP contribution < -0.4 is 10.6 Å². The Kier molecular flexibility index (Phi) is 3.05. The molecule has 0 aliphatic heterocycles. The van der Waals surface area contributed by atoms with Gasteiger partial charge in [-0.05, 0) is 19.9 Å². The van der Waals surface area contributed by atoms with Crippen LogP contribution in [0.15, 0.2) is 28.9 Å². The van der Waals surface area contributed by atoms with Gasteiger partial charge in [0.25, 0.3) is 0 Å². The van der Waals surface area contributed by atoms with E-state index in [-0.39, 0.29) is 0 Å². The Morgan fingerprint density at radius 3 is 2.75 bits per heavy atom. The van der Waals surface area contributed by atoms with Crippen molar-refractivity contribution in [1.29, 1.82) is 0 Å². The zero-order valence-corrected chi connectivity index (χ0v) is 9.32. The standard InChI is InChI=1S/C11H14N4O/c1-3-12-9-6-10(14-7-13-9)15-11-5-4-8(2)16-11/h4-7H,3H2,1-2H3,(H2,12,13,14,15).